The van der Waals surface area contributed by atoms with Crippen molar-refractivity contribution in [3.05, 3.63) is 23.4 Å². The summed E-state index contributed by atoms with van der Waals surface area (Å²) in [5, 5.41) is 4.62. The lowest BCUT2D eigenvalue weighted by Crippen LogP contribution is -2.21. The van der Waals surface area contributed by atoms with Crippen LogP contribution in [0.25, 0.3) is 0 Å². The zero-order valence-electron chi connectivity index (χ0n) is 12.1. The Morgan fingerprint density at radius 2 is 2.11 bits per heavy atom. The number of hydrogen-bond acceptors (Lipinski definition) is 3. The third kappa shape index (κ3) is 5.87. The van der Waals surface area contributed by atoms with Crippen molar-refractivity contribution in [1.82, 2.24) is 10.3 Å². The lowest BCUT2D eigenvalue weighted by atomic mass is 10.2. The van der Waals surface area contributed by atoms with Gasteiger partial charge in [0.05, 0.1) is 5.03 Å². The van der Waals surface area contributed by atoms with E-state index in [0.717, 1.165) is 6.54 Å². The van der Waals surface area contributed by atoms with E-state index >= 15 is 0 Å². The van der Waals surface area contributed by atoms with Crippen LogP contribution in [-0.2, 0) is 6.54 Å². The Hall–Kier alpha value is -0.540. The fourth-order valence-corrected chi connectivity index (χ4v) is 2.67. The van der Waals surface area contributed by atoms with Gasteiger partial charge in [-0.05, 0) is 30.2 Å². The van der Waals surface area contributed by atoms with E-state index in [0.29, 0.717) is 6.04 Å². The Kier molecular flexibility index (Phi) is 7.36. The van der Waals surface area contributed by atoms with Gasteiger partial charge in [0.25, 0.3) is 0 Å². The van der Waals surface area contributed by atoms with E-state index in [1.165, 1.54) is 41.2 Å². The van der Waals surface area contributed by atoms with Crippen molar-refractivity contribution in [2.24, 2.45) is 0 Å². The van der Waals surface area contributed by atoms with Gasteiger partial charge in [-0.15, -0.1) is 11.8 Å². The Labute approximate surface area is 116 Å². The van der Waals surface area contributed by atoms with Gasteiger partial charge in [-0.2, -0.15) is 0 Å². The molecule has 0 radical (unpaired) electrons. The summed E-state index contributed by atoms with van der Waals surface area (Å²) in [5.41, 5.74) is 2.58. The monoisotopic (exact) mass is 266 g/mol. The zero-order chi connectivity index (χ0) is 13.4. The molecular formula is C15H26N2S. The number of pyridine rings is 1. The molecule has 1 aromatic rings. The minimum atomic E-state index is 0.522. The SMILES string of the molecule is CCCCCSc1ncc(CNC(C)C)cc1C. The van der Waals surface area contributed by atoms with Crippen LogP contribution in [0, 0.1) is 6.92 Å². The summed E-state index contributed by atoms with van der Waals surface area (Å²) in [6, 6.07) is 2.78. The largest absolute Gasteiger partial charge is 0.310 e. The van der Waals surface area contributed by atoms with Crippen LogP contribution in [0.2, 0.25) is 0 Å². The highest BCUT2D eigenvalue weighted by molar-refractivity contribution is 7.99. The van der Waals surface area contributed by atoms with Crippen molar-refractivity contribution in [3.63, 3.8) is 0 Å². The van der Waals surface area contributed by atoms with E-state index in [1.54, 1.807) is 0 Å². The molecule has 1 rings (SSSR count). The van der Waals surface area contributed by atoms with Crippen LogP contribution in [0.5, 0.6) is 0 Å². The van der Waals surface area contributed by atoms with E-state index in [1.807, 2.05) is 18.0 Å². The van der Waals surface area contributed by atoms with Crippen LogP contribution in [-0.4, -0.2) is 16.8 Å². The standard InChI is InChI=1S/C15H26N2S/c1-5-6-7-8-18-15-13(4)9-14(11-17-15)10-16-12(2)3/h9,11-12,16H,5-8,10H2,1-4H3. The second-order valence-corrected chi connectivity index (χ2v) is 6.14. The Morgan fingerprint density at radius 1 is 1.33 bits per heavy atom. The molecule has 0 unspecified atom stereocenters. The molecule has 0 fully saturated rings. The van der Waals surface area contributed by atoms with Crippen molar-refractivity contribution >= 4 is 11.8 Å². The fourth-order valence-electron chi connectivity index (χ4n) is 1.71. The summed E-state index contributed by atoms with van der Waals surface area (Å²) in [7, 11) is 0. The topological polar surface area (TPSA) is 24.9 Å². The molecule has 1 heterocycles. The summed E-state index contributed by atoms with van der Waals surface area (Å²) < 4.78 is 0. The second-order valence-electron chi connectivity index (χ2n) is 5.06. The maximum atomic E-state index is 4.58. The lowest BCUT2D eigenvalue weighted by molar-refractivity contribution is 0.587. The lowest BCUT2D eigenvalue weighted by Gasteiger charge is -2.10. The highest BCUT2D eigenvalue weighted by Crippen LogP contribution is 2.21. The molecule has 0 spiro atoms. The molecule has 0 atom stereocenters. The van der Waals surface area contributed by atoms with Crippen molar-refractivity contribution < 1.29 is 0 Å². The molecule has 0 aromatic carbocycles. The van der Waals surface area contributed by atoms with Gasteiger partial charge >= 0.3 is 0 Å². The highest BCUT2D eigenvalue weighted by Gasteiger charge is 2.03. The number of hydrogen-bond donors (Lipinski definition) is 1. The first-order chi connectivity index (χ1) is 8.63. The number of thioether (sulfide) groups is 1. The van der Waals surface area contributed by atoms with Gasteiger partial charge in [0.15, 0.2) is 0 Å². The van der Waals surface area contributed by atoms with Gasteiger partial charge in [0.2, 0.25) is 0 Å². The summed E-state index contributed by atoms with van der Waals surface area (Å²) in [6.45, 7) is 9.64. The minimum Gasteiger partial charge on any atom is -0.310 e. The smallest absolute Gasteiger partial charge is 0.0989 e. The molecule has 0 bridgehead atoms. The quantitative estimate of drug-likeness (QED) is 0.564. The number of nitrogens with one attached hydrogen (secondary N) is 1. The third-order valence-corrected chi connectivity index (χ3v) is 3.98. The summed E-state index contributed by atoms with van der Waals surface area (Å²) in [4.78, 5) is 4.58. The van der Waals surface area contributed by atoms with Gasteiger partial charge in [-0.3, -0.25) is 0 Å². The van der Waals surface area contributed by atoms with Crippen LogP contribution in [0.15, 0.2) is 17.3 Å². The van der Waals surface area contributed by atoms with Crippen LogP contribution in [0.1, 0.15) is 51.2 Å². The van der Waals surface area contributed by atoms with Crippen LogP contribution in [0.3, 0.4) is 0 Å². The van der Waals surface area contributed by atoms with Crippen molar-refractivity contribution in [2.75, 3.05) is 5.75 Å². The second kappa shape index (κ2) is 8.54. The van der Waals surface area contributed by atoms with E-state index in [2.05, 4.69) is 44.1 Å². The van der Waals surface area contributed by atoms with Gasteiger partial charge in [0.1, 0.15) is 0 Å². The zero-order valence-corrected chi connectivity index (χ0v) is 12.9. The average molecular weight is 266 g/mol. The number of rotatable bonds is 8. The fraction of sp³-hybridized carbons (Fsp3) is 0.667. The van der Waals surface area contributed by atoms with E-state index in [9.17, 15) is 0 Å². The van der Waals surface area contributed by atoms with Gasteiger partial charge in [-0.1, -0.05) is 39.7 Å². The number of nitrogens with zero attached hydrogens (tertiary/aromatic N) is 1. The molecule has 2 nitrogen and oxygen atoms in total. The number of aryl methyl sites for hydroxylation is 1. The average Bonchev–Trinajstić information content (AvgIpc) is 2.34. The normalized spacial score (nSPS) is 11.2. The summed E-state index contributed by atoms with van der Waals surface area (Å²) >= 11 is 1.89. The number of unbranched alkanes of at least 4 members (excludes halogenated alkanes) is 2. The van der Waals surface area contributed by atoms with Gasteiger partial charge < -0.3 is 5.32 Å². The predicted octanol–water partition coefficient (Wildman–Crippen LogP) is 4.17. The molecule has 1 aromatic heterocycles. The van der Waals surface area contributed by atoms with E-state index in [-0.39, 0.29) is 0 Å². The van der Waals surface area contributed by atoms with Crippen molar-refractivity contribution in [2.45, 2.75) is 64.6 Å². The molecule has 0 saturated heterocycles. The molecule has 102 valence electrons. The summed E-state index contributed by atoms with van der Waals surface area (Å²) in [6.07, 6.45) is 5.90. The maximum Gasteiger partial charge on any atom is 0.0989 e. The molecule has 0 aliphatic heterocycles. The van der Waals surface area contributed by atoms with Crippen LogP contribution >= 0.6 is 11.8 Å². The summed E-state index contributed by atoms with van der Waals surface area (Å²) in [5.74, 6) is 1.19. The molecule has 0 aliphatic rings. The van der Waals surface area contributed by atoms with Crippen LogP contribution in [0.4, 0.5) is 0 Å². The predicted molar refractivity (Wildman–Crippen MR) is 81.2 cm³/mol. The van der Waals surface area contributed by atoms with E-state index in [4.69, 9.17) is 0 Å². The first kappa shape index (κ1) is 15.5. The Bertz CT molecular complexity index is 350. The number of aromatic nitrogens is 1. The molecule has 0 saturated carbocycles. The minimum absolute atomic E-state index is 0.522. The molecule has 1 N–H and O–H groups in total. The Morgan fingerprint density at radius 3 is 2.72 bits per heavy atom. The van der Waals surface area contributed by atoms with E-state index < -0.39 is 0 Å². The highest BCUT2D eigenvalue weighted by atomic mass is 32.2. The van der Waals surface area contributed by atoms with Gasteiger partial charge in [0, 0.05) is 18.8 Å². The van der Waals surface area contributed by atoms with Crippen molar-refractivity contribution in [1.29, 1.82) is 0 Å². The third-order valence-electron chi connectivity index (χ3n) is 2.79. The molecule has 3 heteroatoms. The Balaban J connectivity index is 2.46. The first-order valence-electron chi connectivity index (χ1n) is 6.95. The van der Waals surface area contributed by atoms with Crippen molar-refractivity contribution in [3.8, 4) is 0 Å². The van der Waals surface area contributed by atoms with Gasteiger partial charge in [-0.25, -0.2) is 4.98 Å². The molecule has 0 aliphatic carbocycles. The molecular weight excluding hydrogens is 240 g/mol. The molecule has 0 amide bonds. The first-order valence-corrected chi connectivity index (χ1v) is 7.93. The van der Waals surface area contributed by atoms with Crippen LogP contribution < -0.4 is 5.32 Å². The molecule has 18 heavy (non-hydrogen) atoms. The maximum absolute atomic E-state index is 4.58.